The van der Waals surface area contributed by atoms with E-state index in [9.17, 15) is 18.3 Å². The Morgan fingerprint density at radius 3 is 2.59 bits per heavy atom. The van der Waals surface area contributed by atoms with Crippen molar-refractivity contribution in [1.29, 1.82) is 5.26 Å². The number of benzene rings is 1. The summed E-state index contributed by atoms with van der Waals surface area (Å²) in [5.74, 6) is 0.0268. The summed E-state index contributed by atoms with van der Waals surface area (Å²) in [6, 6.07) is 6.41. The molecular formula is C21H24N4O5S2. The highest BCUT2D eigenvalue weighted by Gasteiger charge is 2.43. The van der Waals surface area contributed by atoms with Crippen molar-refractivity contribution < 1.29 is 23.1 Å². The van der Waals surface area contributed by atoms with Crippen LogP contribution in [0.3, 0.4) is 0 Å². The van der Waals surface area contributed by atoms with Gasteiger partial charge in [0.15, 0.2) is 15.0 Å². The van der Waals surface area contributed by atoms with Gasteiger partial charge >= 0.3 is 0 Å². The lowest BCUT2D eigenvalue weighted by atomic mass is 10.1. The van der Waals surface area contributed by atoms with Gasteiger partial charge < -0.3 is 19.6 Å². The van der Waals surface area contributed by atoms with Gasteiger partial charge in [-0.05, 0) is 31.0 Å². The van der Waals surface area contributed by atoms with Crippen molar-refractivity contribution >= 4 is 32.2 Å². The van der Waals surface area contributed by atoms with Crippen LogP contribution in [0, 0.1) is 16.7 Å². The van der Waals surface area contributed by atoms with Crippen LogP contribution in [-0.2, 0) is 9.84 Å². The van der Waals surface area contributed by atoms with Crippen LogP contribution in [0.4, 0.5) is 5.13 Å². The molecule has 1 N–H and O–H groups in total. The average molecular weight is 477 g/mol. The van der Waals surface area contributed by atoms with E-state index < -0.39 is 9.84 Å². The molecule has 2 fully saturated rings. The number of nitrogens with zero attached hydrogens (tertiary/aromatic N) is 4. The van der Waals surface area contributed by atoms with Crippen LogP contribution >= 0.6 is 11.3 Å². The number of ether oxygens (including phenoxy) is 1. The zero-order valence-electron chi connectivity index (χ0n) is 17.7. The molecule has 2 aliphatic rings. The van der Waals surface area contributed by atoms with Gasteiger partial charge in [-0.1, -0.05) is 11.3 Å². The topological polar surface area (TPSA) is 124 Å². The number of aliphatic hydroxyl groups excluding tert-OH is 1. The molecule has 4 rings (SSSR count). The van der Waals surface area contributed by atoms with Crippen LogP contribution in [0.1, 0.15) is 28.1 Å². The number of rotatable bonds is 7. The zero-order chi connectivity index (χ0) is 22.9. The van der Waals surface area contributed by atoms with Crippen molar-refractivity contribution in [3.05, 3.63) is 34.8 Å². The van der Waals surface area contributed by atoms with E-state index in [1.165, 1.54) is 35.7 Å². The van der Waals surface area contributed by atoms with E-state index in [2.05, 4.69) is 11.1 Å². The van der Waals surface area contributed by atoms with E-state index in [0.717, 1.165) is 24.2 Å². The molecule has 0 radical (unpaired) electrons. The molecule has 0 spiro atoms. The van der Waals surface area contributed by atoms with Gasteiger partial charge in [-0.2, -0.15) is 5.26 Å². The number of carbonyl (C=O) groups excluding carboxylic acids is 1. The number of anilines is 1. The van der Waals surface area contributed by atoms with Crippen molar-refractivity contribution in [1.82, 2.24) is 9.88 Å². The number of carbonyl (C=O) groups is 1. The quantitative estimate of drug-likeness (QED) is 0.638. The van der Waals surface area contributed by atoms with Gasteiger partial charge in [0, 0.05) is 37.8 Å². The molecule has 32 heavy (non-hydrogen) atoms. The van der Waals surface area contributed by atoms with E-state index in [-0.39, 0.29) is 35.0 Å². The lowest BCUT2D eigenvalue weighted by Crippen LogP contribution is -2.48. The molecule has 9 nitrogen and oxygen atoms in total. The number of nitriles is 1. The van der Waals surface area contributed by atoms with Gasteiger partial charge in [-0.25, -0.2) is 13.4 Å². The van der Waals surface area contributed by atoms with Crippen LogP contribution in [0.15, 0.2) is 29.3 Å². The number of hydrogen-bond donors (Lipinski definition) is 1. The lowest BCUT2D eigenvalue weighted by molar-refractivity contribution is 0.0739. The number of thiazole rings is 1. The summed E-state index contributed by atoms with van der Waals surface area (Å²) in [4.78, 5) is 21.9. The SMILES string of the molecule is CS(=O)(=O)c1ccc(OCC2(CO)CC2)c(C(=O)N2CCN(c3ncc(C#N)s3)CC2)c1. The molecule has 1 saturated heterocycles. The highest BCUT2D eigenvalue weighted by molar-refractivity contribution is 7.90. The first-order chi connectivity index (χ1) is 15.2. The Morgan fingerprint density at radius 1 is 1.31 bits per heavy atom. The predicted octanol–water partition coefficient (Wildman–Crippen LogP) is 1.53. The van der Waals surface area contributed by atoms with Gasteiger partial charge in [-0.15, -0.1) is 0 Å². The fourth-order valence-corrected chi connectivity index (χ4v) is 4.93. The monoisotopic (exact) mass is 476 g/mol. The maximum atomic E-state index is 13.3. The molecule has 170 valence electrons. The third kappa shape index (κ3) is 4.72. The summed E-state index contributed by atoms with van der Waals surface area (Å²) in [6.45, 7) is 2.28. The maximum Gasteiger partial charge on any atom is 0.257 e. The van der Waals surface area contributed by atoms with Gasteiger partial charge in [0.05, 0.1) is 29.9 Å². The molecule has 1 aliphatic heterocycles. The molecule has 1 aromatic carbocycles. The second-order valence-electron chi connectivity index (χ2n) is 8.28. The van der Waals surface area contributed by atoms with Crippen LogP contribution < -0.4 is 9.64 Å². The Kier molecular flexibility index (Phi) is 6.11. The lowest BCUT2D eigenvalue weighted by Gasteiger charge is -2.34. The zero-order valence-corrected chi connectivity index (χ0v) is 19.3. The van der Waals surface area contributed by atoms with E-state index in [4.69, 9.17) is 10.00 Å². The molecule has 0 bridgehead atoms. The standard InChI is InChI=1S/C21H24N4O5S2/c1-32(28,29)16-2-3-18(30-14-21(13-26)4-5-21)17(10-16)19(27)24-6-8-25(9-7-24)20-23-12-15(11-22)31-20/h2-3,10,12,26H,4-9,13-14H2,1H3. The number of amides is 1. The first kappa shape index (κ1) is 22.5. The fraction of sp³-hybridized carbons (Fsp3) is 0.476. The summed E-state index contributed by atoms with van der Waals surface area (Å²) in [7, 11) is -3.49. The largest absolute Gasteiger partial charge is 0.492 e. The van der Waals surface area contributed by atoms with E-state index in [1.807, 2.05) is 4.90 Å². The van der Waals surface area contributed by atoms with Gasteiger partial charge in [-0.3, -0.25) is 4.79 Å². The predicted molar refractivity (Wildman–Crippen MR) is 119 cm³/mol. The van der Waals surface area contributed by atoms with Gasteiger partial charge in [0.2, 0.25) is 0 Å². The Balaban J connectivity index is 1.51. The molecule has 1 saturated carbocycles. The van der Waals surface area contributed by atoms with Crippen LogP contribution in [0.2, 0.25) is 0 Å². The van der Waals surface area contributed by atoms with Crippen LogP contribution in [-0.4, -0.2) is 75.0 Å². The van der Waals surface area contributed by atoms with Crippen molar-refractivity contribution in [3.63, 3.8) is 0 Å². The van der Waals surface area contributed by atoms with E-state index in [0.29, 0.717) is 36.8 Å². The van der Waals surface area contributed by atoms with Crippen LogP contribution in [0.5, 0.6) is 5.75 Å². The second kappa shape index (κ2) is 8.69. The minimum Gasteiger partial charge on any atom is -0.492 e. The molecular weight excluding hydrogens is 452 g/mol. The molecule has 11 heteroatoms. The summed E-state index contributed by atoms with van der Waals surface area (Å²) >= 11 is 1.31. The Labute approximate surface area is 190 Å². The van der Waals surface area contributed by atoms with Crippen molar-refractivity contribution in [2.75, 3.05) is 50.5 Å². The molecule has 2 heterocycles. The van der Waals surface area contributed by atoms with Crippen LogP contribution in [0.25, 0.3) is 0 Å². The minimum atomic E-state index is -3.49. The van der Waals surface area contributed by atoms with Gasteiger partial charge in [0.25, 0.3) is 5.91 Å². The molecule has 2 aromatic rings. The first-order valence-electron chi connectivity index (χ1n) is 10.2. The number of aliphatic hydroxyl groups is 1. The van der Waals surface area contributed by atoms with Gasteiger partial charge in [0.1, 0.15) is 16.7 Å². The number of hydrogen-bond acceptors (Lipinski definition) is 9. The normalized spacial score (nSPS) is 17.7. The van der Waals surface area contributed by atoms with Crippen molar-refractivity contribution in [2.45, 2.75) is 17.7 Å². The highest BCUT2D eigenvalue weighted by Crippen LogP contribution is 2.45. The van der Waals surface area contributed by atoms with Crippen molar-refractivity contribution in [2.24, 2.45) is 5.41 Å². The first-order valence-corrected chi connectivity index (χ1v) is 12.9. The minimum absolute atomic E-state index is 0.0178. The van der Waals surface area contributed by atoms with E-state index >= 15 is 0 Å². The van der Waals surface area contributed by atoms with Crippen molar-refractivity contribution in [3.8, 4) is 11.8 Å². The van der Waals surface area contributed by atoms with E-state index in [1.54, 1.807) is 4.90 Å². The number of aromatic nitrogens is 1. The highest BCUT2D eigenvalue weighted by atomic mass is 32.2. The molecule has 1 aromatic heterocycles. The summed E-state index contributed by atoms with van der Waals surface area (Å²) in [5, 5.41) is 19.3. The summed E-state index contributed by atoms with van der Waals surface area (Å²) in [5.41, 5.74) is -0.0617. The molecule has 1 aliphatic carbocycles. The Hall–Kier alpha value is -2.68. The summed E-state index contributed by atoms with van der Waals surface area (Å²) < 4.78 is 30.0. The third-order valence-corrected chi connectivity index (χ3v) is 7.95. The smallest absolute Gasteiger partial charge is 0.257 e. The fourth-order valence-electron chi connectivity index (χ4n) is 3.52. The molecule has 1 amide bonds. The average Bonchev–Trinajstić information content (AvgIpc) is 3.42. The second-order valence-corrected chi connectivity index (χ2v) is 11.3. The molecule has 0 atom stereocenters. The third-order valence-electron chi connectivity index (χ3n) is 5.88. The Bertz CT molecular complexity index is 1160. The maximum absolute atomic E-state index is 13.3. The number of sulfone groups is 1. The molecule has 0 unspecified atom stereocenters. The Morgan fingerprint density at radius 2 is 2.03 bits per heavy atom. The summed E-state index contributed by atoms with van der Waals surface area (Å²) in [6.07, 6.45) is 4.36. The number of piperazine rings is 1.